The number of nitrogens with one attached hydrogen (secondary N) is 1. The van der Waals surface area contributed by atoms with Gasteiger partial charge in [-0.25, -0.2) is 0 Å². The highest BCUT2D eigenvalue weighted by atomic mass is 16.5. The van der Waals surface area contributed by atoms with E-state index < -0.39 is 0 Å². The van der Waals surface area contributed by atoms with Gasteiger partial charge in [0.25, 0.3) is 0 Å². The van der Waals surface area contributed by atoms with E-state index in [-0.39, 0.29) is 6.10 Å². The maximum absolute atomic E-state index is 6.17. The Bertz CT molecular complexity index is 210. The second-order valence-corrected chi connectivity index (χ2v) is 5.58. The van der Waals surface area contributed by atoms with Crippen LogP contribution in [0.2, 0.25) is 0 Å². The van der Waals surface area contributed by atoms with Gasteiger partial charge >= 0.3 is 0 Å². The molecule has 17 heavy (non-hydrogen) atoms. The van der Waals surface area contributed by atoms with E-state index in [2.05, 4.69) is 33.0 Å². The molecule has 1 aliphatic carbocycles. The van der Waals surface area contributed by atoms with Gasteiger partial charge in [0.05, 0.1) is 18.8 Å². The smallest absolute Gasteiger partial charge is 0.0784 e. The summed E-state index contributed by atoms with van der Waals surface area (Å²) in [6.45, 7) is 10.6. The van der Waals surface area contributed by atoms with Gasteiger partial charge in [0.2, 0.25) is 0 Å². The minimum atomic E-state index is 0.182. The second-order valence-electron chi connectivity index (χ2n) is 5.58. The van der Waals surface area contributed by atoms with Crippen LogP contribution in [0.3, 0.4) is 0 Å². The molecule has 1 N–H and O–H groups in total. The lowest BCUT2D eigenvalue weighted by atomic mass is 9.78. The first-order valence-corrected chi connectivity index (χ1v) is 6.96. The van der Waals surface area contributed by atoms with Crippen LogP contribution in [0.25, 0.3) is 0 Å². The summed E-state index contributed by atoms with van der Waals surface area (Å²) < 4.78 is 11.3. The molecule has 1 aliphatic rings. The Morgan fingerprint density at radius 3 is 2.59 bits per heavy atom. The molecule has 0 bridgehead atoms. The molecule has 0 amide bonds. The summed E-state index contributed by atoms with van der Waals surface area (Å²) in [4.78, 5) is 0. The monoisotopic (exact) mass is 243 g/mol. The van der Waals surface area contributed by atoms with Crippen LogP contribution >= 0.6 is 0 Å². The zero-order chi connectivity index (χ0) is 12.8. The van der Waals surface area contributed by atoms with Crippen LogP contribution < -0.4 is 5.32 Å². The van der Waals surface area contributed by atoms with Crippen molar-refractivity contribution in [1.82, 2.24) is 5.32 Å². The Kier molecular flexibility index (Phi) is 6.45. The van der Waals surface area contributed by atoms with Gasteiger partial charge in [0.1, 0.15) is 0 Å². The minimum absolute atomic E-state index is 0.182. The molecule has 5 atom stereocenters. The predicted octanol–water partition coefficient (Wildman–Crippen LogP) is 2.45. The molecule has 5 unspecified atom stereocenters. The number of ether oxygens (including phenoxy) is 2. The second kappa shape index (κ2) is 7.34. The van der Waals surface area contributed by atoms with E-state index in [0.717, 1.165) is 12.5 Å². The van der Waals surface area contributed by atoms with Crippen LogP contribution in [0.4, 0.5) is 0 Å². The van der Waals surface area contributed by atoms with Gasteiger partial charge in [-0.2, -0.15) is 0 Å². The first kappa shape index (κ1) is 14.9. The summed E-state index contributed by atoms with van der Waals surface area (Å²) in [5.41, 5.74) is 0. The van der Waals surface area contributed by atoms with Gasteiger partial charge in [-0.05, 0) is 38.1 Å². The van der Waals surface area contributed by atoms with Crippen molar-refractivity contribution in [2.45, 2.75) is 58.8 Å². The van der Waals surface area contributed by atoms with Crippen LogP contribution in [-0.4, -0.2) is 38.5 Å². The van der Waals surface area contributed by atoms with Crippen LogP contribution in [0.5, 0.6) is 0 Å². The summed E-state index contributed by atoms with van der Waals surface area (Å²) in [5, 5.41) is 3.58. The van der Waals surface area contributed by atoms with Crippen LogP contribution in [0.1, 0.15) is 40.5 Å². The van der Waals surface area contributed by atoms with E-state index in [1.165, 1.54) is 12.8 Å². The number of hydrogen-bond donors (Lipinski definition) is 1. The number of methoxy groups -OCH3 is 1. The van der Waals surface area contributed by atoms with Crippen molar-refractivity contribution in [3.8, 4) is 0 Å². The van der Waals surface area contributed by atoms with E-state index in [9.17, 15) is 0 Å². The van der Waals surface area contributed by atoms with Crippen LogP contribution in [-0.2, 0) is 9.47 Å². The molecule has 0 aromatic heterocycles. The molecule has 0 aromatic rings. The SMILES string of the molecule is CCNC1CC(C)CC(C)C1OC(C)COC. The molecule has 3 heteroatoms. The van der Waals surface area contributed by atoms with Crippen molar-refractivity contribution >= 4 is 0 Å². The van der Waals surface area contributed by atoms with E-state index in [1.54, 1.807) is 7.11 Å². The van der Waals surface area contributed by atoms with Crippen LogP contribution in [0, 0.1) is 11.8 Å². The Balaban J connectivity index is 2.56. The van der Waals surface area contributed by atoms with Gasteiger partial charge in [-0.3, -0.25) is 0 Å². The summed E-state index contributed by atoms with van der Waals surface area (Å²) in [6.07, 6.45) is 3.01. The highest BCUT2D eigenvalue weighted by Crippen LogP contribution is 2.31. The first-order chi connectivity index (χ1) is 8.08. The normalized spacial score (nSPS) is 35.8. The molecule has 102 valence electrons. The zero-order valence-electron chi connectivity index (χ0n) is 12.0. The number of rotatable bonds is 6. The molecule has 1 fully saturated rings. The lowest BCUT2D eigenvalue weighted by molar-refractivity contribution is -0.0926. The largest absolute Gasteiger partial charge is 0.382 e. The summed E-state index contributed by atoms with van der Waals surface area (Å²) in [7, 11) is 1.73. The third-order valence-corrected chi connectivity index (χ3v) is 3.65. The minimum Gasteiger partial charge on any atom is -0.382 e. The van der Waals surface area contributed by atoms with E-state index in [4.69, 9.17) is 9.47 Å². The highest BCUT2D eigenvalue weighted by molar-refractivity contribution is 4.89. The average molecular weight is 243 g/mol. The fourth-order valence-corrected chi connectivity index (χ4v) is 3.06. The Labute approximate surface area is 106 Å². The van der Waals surface area contributed by atoms with Crippen molar-refractivity contribution in [2.24, 2.45) is 11.8 Å². The fraction of sp³-hybridized carbons (Fsp3) is 1.00. The summed E-state index contributed by atoms with van der Waals surface area (Å²) in [6, 6.07) is 0.498. The van der Waals surface area contributed by atoms with Gasteiger partial charge in [-0.1, -0.05) is 20.8 Å². The van der Waals surface area contributed by atoms with Crippen molar-refractivity contribution in [3.63, 3.8) is 0 Å². The maximum Gasteiger partial charge on any atom is 0.0784 e. The molecule has 0 saturated heterocycles. The maximum atomic E-state index is 6.17. The van der Waals surface area contributed by atoms with Gasteiger partial charge < -0.3 is 14.8 Å². The van der Waals surface area contributed by atoms with Crippen molar-refractivity contribution in [3.05, 3.63) is 0 Å². The summed E-state index contributed by atoms with van der Waals surface area (Å²) >= 11 is 0. The Morgan fingerprint density at radius 1 is 1.29 bits per heavy atom. The Hall–Kier alpha value is -0.120. The predicted molar refractivity (Wildman–Crippen MR) is 71.2 cm³/mol. The molecular formula is C14H29NO2. The summed E-state index contributed by atoms with van der Waals surface area (Å²) in [5.74, 6) is 1.42. The Morgan fingerprint density at radius 2 is 2.00 bits per heavy atom. The zero-order valence-corrected chi connectivity index (χ0v) is 12.0. The topological polar surface area (TPSA) is 30.5 Å². The van der Waals surface area contributed by atoms with Gasteiger partial charge in [0, 0.05) is 13.2 Å². The number of likely N-dealkylation sites (N-methyl/N-ethyl adjacent to an activating group) is 1. The third kappa shape index (κ3) is 4.57. The van der Waals surface area contributed by atoms with Crippen LogP contribution in [0.15, 0.2) is 0 Å². The molecule has 1 rings (SSSR count). The molecular weight excluding hydrogens is 214 g/mol. The standard InChI is InChI=1S/C14H29NO2/c1-6-15-13-8-10(2)7-11(3)14(13)17-12(4)9-16-5/h10-15H,6-9H2,1-5H3. The molecule has 1 saturated carbocycles. The molecule has 0 aromatic carbocycles. The fourth-order valence-electron chi connectivity index (χ4n) is 3.06. The lowest BCUT2D eigenvalue weighted by Gasteiger charge is -2.41. The lowest BCUT2D eigenvalue weighted by Crippen LogP contribution is -2.50. The quantitative estimate of drug-likeness (QED) is 0.777. The van der Waals surface area contributed by atoms with E-state index in [1.807, 2.05) is 0 Å². The van der Waals surface area contributed by atoms with Crippen molar-refractivity contribution < 1.29 is 9.47 Å². The third-order valence-electron chi connectivity index (χ3n) is 3.65. The van der Waals surface area contributed by atoms with Crippen molar-refractivity contribution in [1.29, 1.82) is 0 Å². The molecule has 0 heterocycles. The van der Waals surface area contributed by atoms with Crippen molar-refractivity contribution in [2.75, 3.05) is 20.3 Å². The van der Waals surface area contributed by atoms with Gasteiger partial charge in [0.15, 0.2) is 0 Å². The molecule has 0 spiro atoms. The highest BCUT2D eigenvalue weighted by Gasteiger charge is 2.35. The molecule has 0 radical (unpaired) electrons. The van der Waals surface area contributed by atoms with Gasteiger partial charge in [-0.15, -0.1) is 0 Å². The first-order valence-electron chi connectivity index (χ1n) is 6.96. The van der Waals surface area contributed by atoms with E-state index >= 15 is 0 Å². The average Bonchev–Trinajstić information content (AvgIpc) is 2.24. The molecule has 0 aliphatic heterocycles. The van der Waals surface area contributed by atoms with E-state index in [0.29, 0.717) is 24.7 Å². The number of hydrogen-bond acceptors (Lipinski definition) is 3. The molecule has 3 nitrogen and oxygen atoms in total.